The summed E-state index contributed by atoms with van der Waals surface area (Å²) in [6.45, 7) is 0. The summed E-state index contributed by atoms with van der Waals surface area (Å²) >= 11 is 0. The highest BCUT2D eigenvalue weighted by Gasteiger charge is 2.17. The van der Waals surface area contributed by atoms with Crippen molar-refractivity contribution < 1.29 is 4.92 Å². The quantitative estimate of drug-likeness (QED) is 0.466. The van der Waals surface area contributed by atoms with E-state index in [-0.39, 0.29) is 11.9 Å². The molecule has 0 atom stereocenters. The van der Waals surface area contributed by atoms with Crippen LogP contribution < -0.4 is 5.32 Å². The summed E-state index contributed by atoms with van der Waals surface area (Å²) in [7, 11) is 0. The Morgan fingerprint density at radius 2 is 2.20 bits per heavy atom. The van der Waals surface area contributed by atoms with Crippen LogP contribution in [0.3, 0.4) is 0 Å². The smallest absolute Gasteiger partial charge is 0.375 e. The van der Waals surface area contributed by atoms with Gasteiger partial charge in [-0.05, 0) is 34.9 Å². The zero-order valence-electron chi connectivity index (χ0n) is 8.09. The second-order valence-electron chi connectivity index (χ2n) is 3.42. The minimum atomic E-state index is -0.468. The third-order valence-corrected chi connectivity index (χ3v) is 2.33. The molecular weight excluding hydrogens is 194 g/mol. The van der Waals surface area contributed by atoms with E-state index < -0.39 is 4.92 Å². The Bertz CT molecular complexity index is 395. The van der Waals surface area contributed by atoms with Crippen LogP contribution in [0.15, 0.2) is 30.5 Å². The molecule has 0 fully saturated rings. The number of nitrogens with one attached hydrogen (secondary N) is 1. The van der Waals surface area contributed by atoms with Crippen LogP contribution in [0.4, 0.5) is 11.5 Å². The summed E-state index contributed by atoms with van der Waals surface area (Å²) in [5, 5.41) is 13.8. The van der Waals surface area contributed by atoms with Gasteiger partial charge in [-0.15, -0.1) is 0 Å². The molecule has 0 amide bonds. The number of nitrogens with zero attached hydrogens (tertiary/aromatic N) is 2. The molecule has 1 aliphatic carbocycles. The minimum Gasteiger partial charge on any atom is -0.375 e. The van der Waals surface area contributed by atoms with Crippen molar-refractivity contribution in [3.63, 3.8) is 0 Å². The minimum absolute atomic E-state index is 0.107. The lowest BCUT2D eigenvalue weighted by Gasteiger charge is -2.12. The first-order valence-corrected chi connectivity index (χ1v) is 4.78. The number of hydrogen-bond donors (Lipinski definition) is 1. The molecule has 1 heterocycles. The predicted octanol–water partition coefficient (Wildman–Crippen LogP) is 2.12. The fourth-order valence-corrected chi connectivity index (χ4v) is 1.61. The highest BCUT2D eigenvalue weighted by Crippen LogP contribution is 2.23. The topological polar surface area (TPSA) is 68.1 Å². The molecule has 5 nitrogen and oxygen atoms in total. The normalized spacial score (nSPS) is 15.5. The summed E-state index contributed by atoms with van der Waals surface area (Å²) in [5.74, 6) is -0.107. The molecule has 0 saturated carbocycles. The van der Waals surface area contributed by atoms with Crippen molar-refractivity contribution in [3.8, 4) is 0 Å². The molecule has 0 aliphatic heterocycles. The molecule has 1 aromatic rings. The van der Waals surface area contributed by atoms with E-state index in [4.69, 9.17) is 0 Å². The zero-order valence-corrected chi connectivity index (χ0v) is 8.09. The van der Waals surface area contributed by atoms with Crippen LogP contribution in [-0.2, 0) is 0 Å². The van der Waals surface area contributed by atoms with Gasteiger partial charge < -0.3 is 15.4 Å². The van der Waals surface area contributed by atoms with Crippen LogP contribution in [0, 0.1) is 10.1 Å². The molecule has 0 saturated heterocycles. The molecule has 5 heteroatoms. The fraction of sp³-hybridized carbons (Fsp3) is 0.300. The van der Waals surface area contributed by atoms with Gasteiger partial charge in [0.25, 0.3) is 0 Å². The molecule has 2 rings (SSSR count). The van der Waals surface area contributed by atoms with Gasteiger partial charge in [0.1, 0.15) is 11.9 Å². The molecule has 15 heavy (non-hydrogen) atoms. The van der Waals surface area contributed by atoms with Gasteiger partial charge >= 0.3 is 5.82 Å². The van der Waals surface area contributed by atoms with Crippen molar-refractivity contribution in [2.24, 2.45) is 0 Å². The largest absolute Gasteiger partial charge is 0.386 e. The van der Waals surface area contributed by atoms with E-state index >= 15 is 0 Å². The first kappa shape index (κ1) is 9.64. The summed E-state index contributed by atoms with van der Waals surface area (Å²) in [5.41, 5.74) is 0.496. The number of aromatic nitrogens is 1. The second kappa shape index (κ2) is 4.08. The number of rotatable bonds is 3. The molecule has 1 aromatic heterocycles. The average molecular weight is 205 g/mol. The van der Waals surface area contributed by atoms with Gasteiger partial charge in [0.05, 0.1) is 0 Å². The van der Waals surface area contributed by atoms with E-state index in [9.17, 15) is 10.1 Å². The van der Waals surface area contributed by atoms with E-state index in [0.29, 0.717) is 5.69 Å². The Morgan fingerprint density at radius 1 is 1.47 bits per heavy atom. The van der Waals surface area contributed by atoms with Crippen molar-refractivity contribution >= 4 is 11.5 Å². The Labute approximate surface area is 87.0 Å². The van der Waals surface area contributed by atoms with Crippen LogP contribution >= 0.6 is 0 Å². The molecule has 0 aromatic carbocycles. The van der Waals surface area contributed by atoms with Crippen LogP contribution in [0.25, 0.3) is 0 Å². The molecule has 0 unspecified atom stereocenters. The fourth-order valence-electron chi connectivity index (χ4n) is 1.61. The van der Waals surface area contributed by atoms with Gasteiger partial charge in [-0.3, -0.25) is 0 Å². The van der Waals surface area contributed by atoms with Crippen LogP contribution in [0.5, 0.6) is 0 Å². The SMILES string of the molecule is O=[N+]([O-])c1ncccc1NC1CC=CC1. The second-order valence-corrected chi connectivity index (χ2v) is 3.42. The van der Waals surface area contributed by atoms with Crippen molar-refractivity contribution in [1.82, 2.24) is 4.98 Å². The highest BCUT2D eigenvalue weighted by molar-refractivity contribution is 5.57. The zero-order chi connectivity index (χ0) is 10.7. The lowest BCUT2D eigenvalue weighted by atomic mass is 10.2. The van der Waals surface area contributed by atoms with E-state index in [2.05, 4.69) is 22.5 Å². The lowest BCUT2D eigenvalue weighted by Crippen LogP contribution is -2.16. The van der Waals surface area contributed by atoms with E-state index in [1.54, 1.807) is 12.1 Å². The van der Waals surface area contributed by atoms with Crippen LogP contribution in [0.2, 0.25) is 0 Å². The molecular formula is C10H11N3O2. The van der Waals surface area contributed by atoms with Crippen LogP contribution in [0.1, 0.15) is 12.8 Å². The first-order valence-electron chi connectivity index (χ1n) is 4.78. The average Bonchev–Trinajstić information content (AvgIpc) is 2.71. The van der Waals surface area contributed by atoms with Gasteiger partial charge in [0.2, 0.25) is 0 Å². The molecule has 0 spiro atoms. The molecule has 78 valence electrons. The highest BCUT2D eigenvalue weighted by atomic mass is 16.6. The third-order valence-electron chi connectivity index (χ3n) is 2.33. The van der Waals surface area contributed by atoms with Gasteiger partial charge in [-0.25, -0.2) is 0 Å². The summed E-state index contributed by atoms with van der Waals surface area (Å²) in [6.07, 6.45) is 7.38. The monoisotopic (exact) mass is 205 g/mol. The Kier molecular flexibility index (Phi) is 2.62. The lowest BCUT2D eigenvalue weighted by molar-refractivity contribution is -0.388. The Morgan fingerprint density at radius 3 is 2.87 bits per heavy atom. The van der Waals surface area contributed by atoms with E-state index in [1.165, 1.54) is 6.20 Å². The van der Waals surface area contributed by atoms with E-state index in [0.717, 1.165) is 12.8 Å². The van der Waals surface area contributed by atoms with Crippen molar-refractivity contribution in [1.29, 1.82) is 0 Å². The van der Waals surface area contributed by atoms with Gasteiger partial charge in [-0.2, -0.15) is 0 Å². The summed E-state index contributed by atoms with van der Waals surface area (Å²) in [4.78, 5) is 14.0. The Balaban J connectivity index is 2.16. The summed E-state index contributed by atoms with van der Waals surface area (Å²) in [6, 6.07) is 3.63. The Hall–Kier alpha value is -1.91. The molecule has 0 bridgehead atoms. The predicted molar refractivity (Wildman–Crippen MR) is 56.7 cm³/mol. The molecule has 0 radical (unpaired) electrons. The van der Waals surface area contributed by atoms with Crippen LogP contribution in [-0.4, -0.2) is 15.9 Å². The number of nitro groups is 1. The standard InChI is InChI=1S/C10H11N3O2/c14-13(15)10-9(6-3-7-11-10)12-8-4-1-2-5-8/h1-3,6-8,12H,4-5H2. The van der Waals surface area contributed by atoms with Crippen molar-refractivity contribution in [2.75, 3.05) is 5.32 Å². The first-order chi connectivity index (χ1) is 7.27. The summed E-state index contributed by atoms with van der Waals surface area (Å²) < 4.78 is 0. The van der Waals surface area contributed by atoms with Gasteiger partial charge in [0, 0.05) is 6.04 Å². The van der Waals surface area contributed by atoms with Gasteiger partial charge in [-0.1, -0.05) is 12.2 Å². The maximum atomic E-state index is 10.7. The maximum absolute atomic E-state index is 10.7. The van der Waals surface area contributed by atoms with Gasteiger partial charge in [0.15, 0.2) is 0 Å². The van der Waals surface area contributed by atoms with Crippen molar-refractivity contribution in [3.05, 3.63) is 40.6 Å². The molecule has 1 aliphatic rings. The van der Waals surface area contributed by atoms with E-state index in [1.807, 2.05) is 0 Å². The number of hydrogen-bond acceptors (Lipinski definition) is 4. The number of pyridine rings is 1. The number of anilines is 1. The third kappa shape index (κ3) is 2.12. The maximum Gasteiger partial charge on any atom is 0.386 e. The molecule has 1 N–H and O–H groups in total. The van der Waals surface area contributed by atoms with Crippen molar-refractivity contribution in [2.45, 2.75) is 18.9 Å².